The van der Waals surface area contributed by atoms with Crippen LogP contribution in [0.4, 0.5) is 5.69 Å². The van der Waals surface area contributed by atoms with Gasteiger partial charge in [-0.3, -0.25) is 14.4 Å². The lowest BCUT2D eigenvalue weighted by Gasteiger charge is -2.22. The van der Waals surface area contributed by atoms with Crippen LogP contribution in [0, 0.1) is 0 Å². The molecule has 0 radical (unpaired) electrons. The van der Waals surface area contributed by atoms with Crippen molar-refractivity contribution in [3.05, 3.63) is 53.6 Å². The fraction of sp³-hybridized carbons (Fsp3) is 0.286. The molecule has 0 aliphatic rings. The molecular formula is C21H24N2O5. The lowest BCUT2D eigenvalue weighted by Crippen LogP contribution is -2.37. The van der Waals surface area contributed by atoms with Crippen molar-refractivity contribution in [2.45, 2.75) is 13.8 Å². The monoisotopic (exact) mass is 384 g/mol. The number of benzene rings is 2. The summed E-state index contributed by atoms with van der Waals surface area (Å²) < 4.78 is 10.4. The predicted octanol–water partition coefficient (Wildman–Crippen LogP) is 2.69. The molecule has 148 valence electrons. The van der Waals surface area contributed by atoms with Gasteiger partial charge in [0.25, 0.3) is 5.91 Å². The van der Waals surface area contributed by atoms with Crippen LogP contribution in [0.25, 0.3) is 0 Å². The van der Waals surface area contributed by atoms with Crippen LogP contribution in [0.2, 0.25) is 0 Å². The summed E-state index contributed by atoms with van der Waals surface area (Å²) in [6, 6.07) is 11.7. The summed E-state index contributed by atoms with van der Waals surface area (Å²) in [5, 5.41) is 2.78. The minimum Gasteiger partial charge on any atom is -0.493 e. The first-order chi connectivity index (χ1) is 13.4. The average Bonchev–Trinajstić information content (AvgIpc) is 2.70. The molecule has 28 heavy (non-hydrogen) atoms. The van der Waals surface area contributed by atoms with Crippen molar-refractivity contribution >= 4 is 23.3 Å². The van der Waals surface area contributed by atoms with Gasteiger partial charge in [0.1, 0.15) is 0 Å². The number of amides is 2. The second-order valence-electron chi connectivity index (χ2n) is 6.10. The van der Waals surface area contributed by atoms with E-state index >= 15 is 0 Å². The van der Waals surface area contributed by atoms with E-state index in [0.29, 0.717) is 28.3 Å². The molecule has 2 amide bonds. The van der Waals surface area contributed by atoms with Gasteiger partial charge in [0.15, 0.2) is 17.3 Å². The van der Waals surface area contributed by atoms with Crippen molar-refractivity contribution in [2.24, 2.45) is 0 Å². The van der Waals surface area contributed by atoms with E-state index in [-0.39, 0.29) is 30.7 Å². The molecule has 0 aliphatic carbocycles. The number of Topliss-reactive ketones (excluding diaryl/α,β-unsaturated/α-hetero) is 1. The number of methoxy groups -OCH3 is 2. The van der Waals surface area contributed by atoms with E-state index in [1.165, 1.54) is 33.0 Å². The molecule has 0 aliphatic heterocycles. The molecule has 0 bridgehead atoms. The molecule has 0 heterocycles. The number of rotatable bonds is 8. The largest absolute Gasteiger partial charge is 0.493 e. The Kier molecular flexibility index (Phi) is 7.14. The van der Waals surface area contributed by atoms with Crippen molar-refractivity contribution in [2.75, 3.05) is 32.2 Å². The smallest absolute Gasteiger partial charge is 0.251 e. The molecule has 0 saturated carbocycles. The summed E-state index contributed by atoms with van der Waals surface area (Å²) in [6.45, 7) is 3.43. The second-order valence-corrected chi connectivity index (χ2v) is 6.10. The first kappa shape index (κ1) is 21.0. The van der Waals surface area contributed by atoms with Gasteiger partial charge in [-0.25, -0.2) is 0 Å². The molecule has 0 fully saturated rings. The van der Waals surface area contributed by atoms with Gasteiger partial charge in [-0.2, -0.15) is 0 Å². The summed E-state index contributed by atoms with van der Waals surface area (Å²) in [6.07, 6.45) is 0. The summed E-state index contributed by atoms with van der Waals surface area (Å²) in [7, 11) is 3.02. The second kappa shape index (κ2) is 9.55. The number of ether oxygens (including phenoxy) is 2. The van der Waals surface area contributed by atoms with E-state index in [1.54, 1.807) is 42.5 Å². The highest BCUT2D eigenvalue weighted by atomic mass is 16.5. The fourth-order valence-electron chi connectivity index (χ4n) is 2.72. The molecule has 1 N–H and O–H groups in total. The predicted molar refractivity (Wildman–Crippen MR) is 106 cm³/mol. The SMILES string of the molecule is COc1ccc(C(=O)NCCN(C(C)=O)c2cccc(C(C)=O)c2)cc1OC. The Bertz CT molecular complexity index is 879. The molecular weight excluding hydrogens is 360 g/mol. The molecule has 2 rings (SSSR count). The highest BCUT2D eigenvalue weighted by Crippen LogP contribution is 2.27. The summed E-state index contributed by atoms with van der Waals surface area (Å²) >= 11 is 0. The van der Waals surface area contributed by atoms with Gasteiger partial charge in [0.05, 0.1) is 14.2 Å². The zero-order valence-corrected chi connectivity index (χ0v) is 16.4. The lowest BCUT2D eigenvalue weighted by molar-refractivity contribution is -0.116. The van der Waals surface area contributed by atoms with E-state index < -0.39 is 0 Å². The minimum absolute atomic E-state index is 0.0768. The van der Waals surface area contributed by atoms with Crippen molar-refractivity contribution in [1.29, 1.82) is 0 Å². The number of anilines is 1. The number of ketones is 1. The molecule has 0 atom stereocenters. The fourth-order valence-corrected chi connectivity index (χ4v) is 2.72. The van der Waals surface area contributed by atoms with Crippen LogP contribution in [0.15, 0.2) is 42.5 Å². The van der Waals surface area contributed by atoms with Gasteiger partial charge < -0.3 is 19.7 Å². The molecule has 7 nitrogen and oxygen atoms in total. The first-order valence-corrected chi connectivity index (χ1v) is 8.76. The maximum Gasteiger partial charge on any atom is 0.251 e. The highest BCUT2D eigenvalue weighted by Gasteiger charge is 2.14. The van der Waals surface area contributed by atoms with Gasteiger partial charge in [-0.05, 0) is 37.3 Å². The molecule has 2 aromatic rings. The van der Waals surface area contributed by atoms with Crippen LogP contribution in [0.1, 0.15) is 34.6 Å². The van der Waals surface area contributed by atoms with Crippen LogP contribution < -0.4 is 19.7 Å². The van der Waals surface area contributed by atoms with Gasteiger partial charge in [0, 0.05) is 36.8 Å². The van der Waals surface area contributed by atoms with Gasteiger partial charge >= 0.3 is 0 Å². The van der Waals surface area contributed by atoms with E-state index in [0.717, 1.165) is 0 Å². The van der Waals surface area contributed by atoms with E-state index in [1.807, 2.05) is 0 Å². The van der Waals surface area contributed by atoms with Crippen LogP contribution >= 0.6 is 0 Å². The number of carbonyl (C=O) groups excluding carboxylic acids is 3. The topological polar surface area (TPSA) is 84.9 Å². The van der Waals surface area contributed by atoms with Gasteiger partial charge in [-0.1, -0.05) is 12.1 Å². The molecule has 2 aromatic carbocycles. The summed E-state index contributed by atoms with van der Waals surface area (Å²) in [5.41, 5.74) is 1.56. The van der Waals surface area contributed by atoms with Crippen molar-refractivity contribution < 1.29 is 23.9 Å². The van der Waals surface area contributed by atoms with Crippen molar-refractivity contribution in [1.82, 2.24) is 5.32 Å². The molecule has 0 aromatic heterocycles. The molecule has 0 spiro atoms. The number of hydrogen-bond acceptors (Lipinski definition) is 5. The Morgan fingerprint density at radius 3 is 2.25 bits per heavy atom. The number of nitrogens with one attached hydrogen (secondary N) is 1. The van der Waals surface area contributed by atoms with E-state index in [4.69, 9.17) is 9.47 Å². The zero-order valence-electron chi connectivity index (χ0n) is 16.4. The third-order valence-electron chi connectivity index (χ3n) is 4.21. The third kappa shape index (κ3) is 5.09. The maximum absolute atomic E-state index is 12.4. The Hall–Kier alpha value is -3.35. The summed E-state index contributed by atoms with van der Waals surface area (Å²) in [4.78, 5) is 37.5. The van der Waals surface area contributed by atoms with Crippen LogP contribution in [-0.4, -0.2) is 44.9 Å². The normalized spacial score (nSPS) is 10.1. The Morgan fingerprint density at radius 1 is 0.929 bits per heavy atom. The quantitative estimate of drug-likeness (QED) is 0.708. The standard InChI is InChI=1S/C21H24N2O5/c1-14(24)16-6-5-7-18(12-16)23(15(2)25)11-10-22-21(26)17-8-9-19(27-3)20(13-17)28-4/h5-9,12-13H,10-11H2,1-4H3,(H,22,26). The van der Waals surface area contributed by atoms with Crippen LogP contribution in [0.5, 0.6) is 11.5 Å². The van der Waals surface area contributed by atoms with Crippen LogP contribution in [-0.2, 0) is 4.79 Å². The highest BCUT2D eigenvalue weighted by molar-refractivity contribution is 5.98. The average molecular weight is 384 g/mol. The third-order valence-corrected chi connectivity index (χ3v) is 4.21. The maximum atomic E-state index is 12.4. The van der Waals surface area contributed by atoms with E-state index in [2.05, 4.69) is 5.32 Å². The van der Waals surface area contributed by atoms with E-state index in [9.17, 15) is 14.4 Å². The van der Waals surface area contributed by atoms with Gasteiger partial charge in [-0.15, -0.1) is 0 Å². The zero-order chi connectivity index (χ0) is 20.7. The Morgan fingerprint density at radius 2 is 1.64 bits per heavy atom. The Labute approximate surface area is 164 Å². The van der Waals surface area contributed by atoms with Crippen molar-refractivity contribution in [3.8, 4) is 11.5 Å². The van der Waals surface area contributed by atoms with Crippen LogP contribution in [0.3, 0.4) is 0 Å². The summed E-state index contributed by atoms with van der Waals surface area (Å²) in [5.74, 6) is 0.448. The Balaban J connectivity index is 2.05. The lowest BCUT2D eigenvalue weighted by atomic mass is 10.1. The molecule has 0 saturated heterocycles. The molecule has 0 unspecified atom stereocenters. The number of hydrogen-bond donors (Lipinski definition) is 1. The van der Waals surface area contributed by atoms with Gasteiger partial charge in [0.2, 0.25) is 5.91 Å². The van der Waals surface area contributed by atoms with Crippen molar-refractivity contribution in [3.63, 3.8) is 0 Å². The number of nitrogens with zero attached hydrogens (tertiary/aromatic N) is 1. The first-order valence-electron chi connectivity index (χ1n) is 8.76. The molecule has 7 heteroatoms. The minimum atomic E-state index is -0.290. The number of carbonyl (C=O) groups is 3.